The van der Waals surface area contributed by atoms with Crippen LogP contribution in [-0.4, -0.2) is 69.7 Å². The summed E-state index contributed by atoms with van der Waals surface area (Å²) >= 11 is 0. The number of sulfonamides is 1. The van der Waals surface area contributed by atoms with Crippen LogP contribution in [0, 0.1) is 17.3 Å². The lowest BCUT2D eigenvalue weighted by molar-refractivity contribution is -0.136. The van der Waals surface area contributed by atoms with Crippen molar-refractivity contribution in [2.24, 2.45) is 17.3 Å². The molecular formula is C15H26N2O4S. The maximum absolute atomic E-state index is 12.3. The molecule has 0 spiro atoms. The van der Waals surface area contributed by atoms with Gasteiger partial charge in [-0.15, -0.1) is 0 Å². The molecule has 3 fully saturated rings. The quantitative estimate of drug-likeness (QED) is 0.738. The van der Waals surface area contributed by atoms with Crippen molar-refractivity contribution in [3.05, 3.63) is 0 Å². The molecule has 3 rings (SSSR count). The lowest BCUT2D eigenvalue weighted by Crippen LogP contribution is -2.50. The maximum atomic E-state index is 12.3. The fourth-order valence-electron chi connectivity index (χ4n) is 3.93. The smallest absolute Gasteiger partial charge is 0.222 e. The SMILES string of the molecule is COC[C@@]12CCN(C(=O)CC3CC3)C[C@@H]1CN(S(C)(=O)=O)C2. The maximum Gasteiger partial charge on any atom is 0.222 e. The Hall–Kier alpha value is -0.660. The van der Waals surface area contributed by atoms with Gasteiger partial charge < -0.3 is 9.64 Å². The van der Waals surface area contributed by atoms with Crippen LogP contribution in [0.25, 0.3) is 0 Å². The Balaban J connectivity index is 1.71. The molecule has 6 nitrogen and oxygen atoms in total. The minimum atomic E-state index is -3.19. The topological polar surface area (TPSA) is 66.9 Å². The minimum Gasteiger partial charge on any atom is -0.384 e. The molecule has 0 N–H and O–H groups in total. The highest BCUT2D eigenvalue weighted by molar-refractivity contribution is 7.88. The summed E-state index contributed by atoms with van der Waals surface area (Å²) in [5, 5.41) is 0. The number of carbonyl (C=O) groups excluding carboxylic acids is 1. The molecule has 0 aromatic carbocycles. The minimum absolute atomic E-state index is 0.131. The molecule has 1 amide bonds. The van der Waals surface area contributed by atoms with Crippen LogP contribution in [-0.2, 0) is 19.6 Å². The van der Waals surface area contributed by atoms with E-state index in [1.54, 1.807) is 11.4 Å². The molecule has 2 saturated heterocycles. The zero-order chi connectivity index (χ0) is 16.0. The third-order valence-corrected chi connectivity index (χ3v) is 6.73. The predicted octanol–water partition coefficient (Wildman–Crippen LogP) is 0.543. The zero-order valence-corrected chi connectivity index (χ0v) is 14.3. The van der Waals surface area contributed by atoms with Gasteiger partial charge in [0, 0.05) is 45.1 Å². The van der Waals surface area contributed by atoms with Crippen LogP contribution in [0.5, 0.6) is 0 Å². The molecule has 1 aliphatic carbocycles. The molecule has 7 heteroatoms. The Morgan fingerprint density at radius 1 is 1.32 bits per heavy atom. The van der Waals surface area contributed by atoms with E-state index in [4.69, 9.17) is 4.74 Å². The number of rotatable bonds is 5. The standard InChI is InChI=1S/C15H26N2O4S/c1-21-11-15-5-6-16(14(18)7-12-3-4-12)8-13(15)9-17(10-15)22(2,19)20/h12-13H,3-11H2,1-2H3/t13-,15+/m1/s1. The van der Waals surface area contributed by atoms with Gasteiger partial charge in [0.1, 0.15) is 0 Å². The molecule has 22 heavy (non-hydrogen) atoms. The molecule has 0 aromatic rings. The Kier molecular flexibility index (Phi) is 4.24. The van der Waals surface area contributed by atoms with Gasteiger partial charge in [0.05, 0.1) is 12.9 Å². The molecule has 0 bridgehead atoms. The van der Waals surface area contributed by atoms with Crippen molar-refractivity contribution < 1.29 is 17.9 Å². The van der Waals surface area contributed by atoms with Crippen LogP contribution in [0.3, 0.4) is 0 Å². The molecule has 2 atom stereocenters. The summed E-state index contributed by atoms with van der Waals surface area (Å²) < 4.78 is 30.7. The van der Waals surface area contributed by atoms with Gasteiger partial charge in [0.25, 0.3) is 0 Å². The second-order valence-corrected chi connectivity index (χ2v) is 9.27. The molecule has 2 aliphatic heterocycles. The van der Waals surface area contributed by atoms with Crippen LogP contribution in [0.1, 0.15) is 25.7 Å². The normalized spacial score (nSPS) is 33.0. The van der Waals surface area contributed by atoms with E-state index in [1.165, 1.54) is 19.1 Å². The highest BCUT2D eigenvalue weighted by atomic mass is 32.2. The second kappa shape index (κ2) is 5.76. The Morgan fingerprint density at radius 2 is 2.05 bits per heavy atom. The third-order valence-electron chi connectivity index (χ3n) is 5.52. The molecule has 0 aromatic heterocycles. The average Bonchev–Trinajstić information content (AvgIpc) is 3.15. The van der Waals surface area contributed by atoms with Crippen LogP contribution in [0.4, 0.5) is 0 Å². The first-order chi connectivity index (χ1) is 10.3. The van der Waals surface area contributed by atoms with Gasteiger partial charge >= 0.3 is 0 Å². The van der Waals surface area contributed by atoms with E-state index >= 15 is 0 Å². The van der Waals surface area contributed by atoms with Crippen molar-refractivity contribution >= 4 is 15.9 Å². The predicted molar refractivity (Wildman–Crippen MR) is 82.8 cm³/mol. The lowest BCUT2D eigenvalue weighted by atomic mass is 9.73. The lowest BCUT2D eigenvalue weighted by Gasteiger charge is -2.43. The van der Waals surface area contributed by atoms with Crippen molar-refractivity contribution in [1.82, 2.24) is 9.21 Å². The van der Waals surface area contributed by atoms with Gasteiger partial charge in [0.15, 0.2) is 0 Å². The summed E-state index contributed by atoms with van der Waals surface area (Å²) in [6.07, 6.45) is 5.12. The summed E-state index contributed by atoms with van der Waals surface area (Å²) in [7, 11) is -1.52. The number of amides is 1. The van der Waals surface area contributed by atoms with Gasteiger partial charge in [-0.25, -0.2) is 12.7 Å². The monoisotopic (exact) mass is 330 g/mol. The van der Waals surface area contributed by atoms with Gasteiger partial charge in [-0.3, -0.25) is 4.79 Å². The van der Waals surface area contributed by atoms with E-state index in [1.807, 2.05) is 4.90 Å². The number of hydrogen-bond acceptors (Lipinski definition) is 4. The molecule has 1 saturated carbocycles. The van der Waals surface area contributed by atoms with E-state index in [0.717, 1.165) is 13.0 Å². The molecule has 3 aliphatic rings. The second-order valence-electron chi connectivity index (χ2n) is 7.29. The Labute approximate surface area is 132 Å². The summed E-state index contributed by atoms with van der Waals surface area (Å²) in [6, 6.07) is 0. The van der Waals surface area contributed by atoms with E-state index in [0.29, 0.717) is 38.6 Å². The van der Waals surface area contributed by atoms with E-state index in [9.17, 15) is 13.2 Å². The van der Waals surface area contributed by atoms with Crippen molar-refractivity contribution in [2.75, 3.05) is 46.2 Å². The number of fused-ring (bicyclic) bond motifs is 1. The average molecular weight is 330 g/mol. The Bertz CT molecular complexity index is 546. The summed E-state index contributed by atoms with van der Waals surface area (Å²) in [4.78, 5) is 14.3. The fourth-order valence-corrected chi connectivity index (χ4v) is 4.88. The zero-order valence-electron chi connectivity index (χ0n) is 13.5. The van der Waals surface area contributed by atoms with Crippen molar-refractivity contribution in [2.45, 2.75) is 25.7 Å². The molecule has 0 radical (unpaired) electrons. The molecular weight excluding hydrogens is 304 g/mol. The number of carbonyl (C=O) groups is 1. The summed E-state index contributed by atoms with van der Waals surface area (Å²) in [5.74, 6) is 1.01. The van der Waals surface area contributed by atoms with Gasteiger partial charge in [-0.1, -0.05) is 0 Å². The van der Waals surface area contributed by atoms with Crippen molar-refractivity contribution in [3.63, 3.8) is 0 Å². The molecule has 0 unspecified atom stereocenters. The van der Waals surface area contributed by atoms with Crippen LogP contribution in [0.15, 0.2) is 0 Å². The van der Waals surface area contributed by atoms with Crippen LogP contribution >= 0.6 is 0 Å². The van der Waals surface area contributed by atoms with E-state index < -0.39 is 10.0 Å². The molecule has 126 valence electrons. The highest BCUT2D eigenvalue weighted by Gasteiger charge is 2.52. The van der Waals surface area contributed by atoms with Gasteiger partial charge in [-0.2, -0.15) is 0 Å². The van der Waals surface area contributed by atoms with Crippen LogP contribution in [0.2, 0.25) is 0 Å². The fraction of sp³-hybridized carbons (Fsp3) is 0.933. The largest absolute Gasteiger partial charge is 0.384 e. The summed E-state index contributed by atoms with van der Waals surface area (Å²) in [5.41, 5.74) is -0.131. The van der Waals surface area contributed by atoms with Crippen LogP contribution < -0.4 is 0 Å². The first-order valence-corrected chi connectivity index (χ1v) is 9.91. The first kappa shape index (κ1) is 16.2. The van der Waals surface area contributed by atoms with E-state index in [-0.39, 0.29) is 17.2 Å². The Morgan fingerprint density at radius 3 is 2.64 bits per heavy atom. The van der Waals surface area contributed by atoms with Gasteiger partial charge in [-0.05, 0) is 31.1 Å². The first-order valence-electron chi connectivity index (χ1n) is 8.06. The highest BCUT2D eigenvalue weighted by Crippen LogP contribution is 2.44. The number of piperidine rings is 1. The van der Waals surface area contributed by atoms with E-state index in [2.05, 4.69) is 0 Å². The number of ether oxygens (including phenoxy) is 1. The van der Waals surface area contributed by atoms with Crippen molar-refractivity contribution in [1.29, 1.82) is 0 Å². The van der Waals surface area contributed by atoms with Gasteiger partial charge in [0.2, 0.25) is 15.9 Å². The summed E-state index contributed by atoms with van der Waals surface area (Å²) in [6.45, 7) is 2.99. The number of nitrogens with zero attached hydrogens (tertiary/aromatic N) is 2. The molecule has 2 heterocycles. The number of hydrogen-bond donors (Lipinski definition) is 0. The van der Waals surface area contributed by atoms with Crippen molar-refractivity contribution in [3.8, 4) is 0 Å². The number of likely N-dealkylation sites (tertiary alicyclic amines) is 1. The third kappa shape index (κ3) is 3.16. The number of methoxy groups -OCH3 is 1.